The third kappa shape index (κ3) is 3.27. The highest BCUT2D eigenvalue weighted by Crippen LogP contribution is 2.45. The fourth-order valence-corrected chi connectivity index (χ4v) is 5.00. The summed E-state index contributed by atoms with van der Waals surface area (Å²) in [7, 11) is 0. The molecular weight excluding hydrogens is 330 g/mol. The normalized spacial score (nSPS) is 25.7. The summed E-state index contributed by atoms with van der Waals surface area (Å²) in [5.74, 6) is -0.228. The Bertz CT molecular complexity index is 597. The Morgan fingerprint density at radius 3 is 2.71 bits per heavy atom. The number of carbonyl (C=O) groups excluding carboxylic acids is 1. The maximum Gasteiger partial charge on any atom is 0.327 e. The van der Waals surface area contributed by atoms with Gasteiger partial charge in [0.25, 0.3) is 0 Å². The minimum atomic E-state index is -0.924. The van der Waals surface area contributed by atoms with Crippen LogP contribution in [0.15, 0.2) is 18.2 Å². The van der Waals surface area contributed by atoms with Gasteiger partial charge in [-0.2, -0.15) is 0 Å². The molecule has 1 aliphatic heterocycles. The van der Waals surface area contributed by atoms with E-state index in [9.17, 15) is 14.7 Å². The third-order valence-corrected chi connectivity index (χ3v) is 6.24. The van der Waals surface area contributed by atoms with E-state index in [-0.39, 0.29) is 11.3 Å². The van der Waals surface area contributed by atoms with Gasteiger partial charge < -0.3 is 10.0 Å². The molecule has 0 spiro atoms. The van der Waals surface area contributed by atoms with Crippen LogP contribution in [0.1, 0.15) is 17.7 Å². The predicted molar refractivity (Wildman–Crippen MR) is 85.6 cm³/mol. The lowest BCUT2D eigenvalue weighted by Gasteiger charge is -2.26. The zero-order valence-corrected chi connectivity index (χ0v) is 13.5. The van der Waals surface area contributed by atoms with E-state index in [4.69, 9.17) is 11.6 Å². The standard InChI is InChI=1S/C14H14ClNO3S2/c15-11-5-3-9(21-11)4-6-12(17)16-10(14(18)19)7-20-13(16)8-1-2-8/h3-6,8,10,13H,1-2,7H2,(H,18,19). The van der Waals surface area contributed by atoms with Gasteiger partial charge in [0, 0.05) is 16.7 Å². The van der Waals surface area contributed by atoms with Crippen LogP contribution >= 0.6 is 34.7 Å². The van der Waals surface area contributed by atoms with Gasteiger partial charge in [0.1, 0.15) is 6.04 Å². The van der Waals surface area contributed by atoms with E-state index in [1.807, 2.05) is 6.07 Å². The van der Waals surface area contributed by atoms with Crippen LogP contribution in [0.4, 0.5) is 0 Å². The second-order valence-electron chi connectivity index (χ2n) is 5.14. The molecule has 21 heavy (non-hydrogen) atoms. The molecule has 1 amide bonds. The molecule has 1 aliphatic carbocycles. The van der Waals surface area contributed by atoms with Crippen LogP contribution in [0.2, 0.25) is 4.34 Å². The van der Waals surface area contributed by atoms with Gasteiger partial charge in [-0.15, -0.1) is 23.1 Å². The van der Waals surface area contributed by atoms with Crippen LogP contribution in [0.3, 0.4) is 0 Å². The van der Waals surface area contributed by atoms with Crippen LogP contribution in [0.5, 0.6) is 0 Å². The fourth-order valence-electron chi connectivity index (χ4n) is 2.40. The summed E-state index contributed by atoms with van der Waals surface area (Å²) in [4.78, 5) is 26.2. The van der Waals surface area contributed by atoms with Gasteiger partial charge in [-0.05, 0) is 37.0 Å². The second kappa shape index (κ2) is 6.02. The van der Waals surface area contributed by atoms with Crippen molar-refractivity contribution in [3.05, 3.63) is 27.4 Å². The Morgan fingerprint density at radius 1 is 1.38 bits per heavy atom. The molecule has 112 valence electrons. The van der Waals surface area contributed by atoms with Crippen LogP contribution < -0.4 is 0 Å². The number of hydrogen-bond acceptors (Lipinski definition) is 4. The molecular formula is C14H14ClNO3S2. The Balaban J connectivity index is 1.76. The summed E-state index contributed by atoms with van der Waals surface area (Å²) in [6, 6.07) is 2.89. The van der Waals surface area contributed by atoms with Crippen molar-refractivity contribution in [2.45, 2.75) is 24.3 Å². The zero-order valence-electron chi connectivity index (χ0n) is 11.1. The fraction of sp³-hybridized carbons (Fsp3) is 0.429. The SMILES string of the molecule is O=C(O)C1CSC(C2CC2)N1C(=O)C=Cc1ccc(Cl)s1. The number of nitrogens with zero attached hydrogens (tertiary/aromatic N) is 1. The molecule has 1 aromatic heterocycles. The van der Waals surface area contributed by atoms with Gasteiger partial charge in [0.2, 0.25) is 5.91 Å². The number of thiophene rings is 1. The Morgan fingerprint density at radius 2 is 2.14 bits per heavy atom. The van der Waals surface area contributed by atoms with Crippen molar-refractivity contribution in [2.24, 2.45) is 5.92 Å². The minimum Gasteiger partial charge on any atom is -0.480 e. The third-order valence-electron chi connectivity index (χ3n) is 3.58. The molecule has 1 saturated heterocycles. The van der Waals surface area contributed by atoms with Crippen molar-refractivity contribution in [3.8, 4) is 0 Å². The van der Waals surface area contributed by atoms with E-state index in [0.717, 1.165) is 17.7 Å². The quantitative estimate of drug-likeness (QED) is 0.853. The van der Waals surface area contributed by atoms with Crippen molar-refractivity contribution in [2.75, 3.05) is 5.75 Å². The summed E-state index contributed by atoms with van der Waals surface area (Å²) in [5, 5.41) is 9.30. The molecule has 2 fully saturated rings. The lowest BCUT2D eigenvalue weighted by atomic mass is 10.2. The molecule has 2 atom stereocenters. The second-order valence-corrected chi connectivity index (χ2v) is 8.03. The van der Waals surface area contributed by atoms with Gasteiger partial charge in [-0.3, -0.25) is 4.79 Å². The molecule has 2 heterocycles. The number of carboxylic acids is 1. The number of hydrogen-bond donors (Lipinski definition) is 1. The maximum absolute atomic E-state index is 12.4. The predicted octanol–water partition coefficient (Wildman–Crippen LogP) is 3.18. The number of amides is 1. The number of thioether (sulfide) groups is 1. The molecule has 1 N–H and O–H groups in total. The number of halogens is 1. The molecule has 4 nitrogen and oxygen atoms in total. The van der Waals surface area contributed by atoms with E-state index in [1.54, 1.807) is 23.9 Å². The molecule has 2 aliphatic rings. The molecule has 0 radical (unpaired) electrons. The highest BCUT2D eigenvalue weighted by Gasteiger charge is 2.47. The van der Waals surface area contributed by atoms with E-state index in [2.05, 4.69) is 0 Å². The molecule has 1 aromatic rings. The Kier molecular flexibility index (Phi) is 4.28. The van der Waals surface area contributed by atoms with Gasteiger partial charge in [-0.1, -0.05) is 11.6 Å². The van der Waals surface area contributed by atoms with E-state index in [1.165, 1.54) is 22.3 Å². The number of carboxylic acid groups (broad SMARTS) is 1. The average molecular weight is 344 g/mol. The maximum atomic E-state index is 12.4. The minimum absolute atomic E-state index is 0.00942. The van der Waals surface area contributed by atoms with Crippen LogP contribution in [-0.2, 0) is 9.59 Å². The van der Waals surface area contributed by atoms with Crippen LogP contribution in [-0.4, -0.2) is 39.1 Å². The lowest BCUT2D eigenvalue weighted by molar-refractivity contribution is -0.147. The Hall–Kier alpha value is -0.980. The smallest absolute Gasteiger partial charge is 0.327 e. The van der Waals surface area contributed by atoms with Crippen LogP contribution in [0, 0.1) is 5.92 Å². The zero-order chi connectivity index (χ0) is 15.0. The first kappa shape index (κ1) is 14.9. The first-order valence-corrected chi connectivity index (χ1v) is 8.90. The first-order valence-electron chi connectivity index (χ1n) is 6.66. The number of aliphatic carboxylic acids is 1. The van der Waals surface area contributed by atoms with E-state index < -0.39 is 12.0 Å². The topological polar surface area (TPSA) is 57.6 Å². The molecule has 0 aromatic carbocycles. The van der Waals surface area contributed by atoms with E-state index in [0.29, 0.717) is 16.0 Å². The monoisotopic (exact) mass is 343 g/mol. The molecule has 7 heteroatoms. The lowest BCUT2D eigenvalue weighted by Crippen LogP contribution is -2.45. The van der Waals surface area contributed by atoms with Crippen molar-refractivity contribution in [1.82, 2.24) is 4.90 Å². The molecule has 3 rings (SSSR count). The van der Waals surface area contributed by atoms with Crippen molar-refractivity contribution in [1.29, 1.82) is 0 Å². The molecule has 2 unspecified atom stereocenters. The number of rotatable bonds is 4. The van der Waals surface area contributed by atoms with Gasteiger partial charge in [0.15, 0.2) is 0 Å². The Labute approximate surface area is 135 Å². The first-order chi connectivity index (χ1) is 10.1. The summed E-state index contributed by atoms with van der Waals surface area (Å²) in [6.45, 7) is 0. The summed E-state index contributed by atoms with van der Waals surface area (Å²) in [5.41, 5.74) is 0. The largest absolute Gasteiger partial charge is 0.480 e. The van der Waals surface area contributed by atoms with Crippen molar-refractivity contribution in [3.63, 3.8) is 0 Å². The van der Waals surface area contributed by atoms with Gasteiger partial charge in [-0.25, -0.2) is 4.79 Å². The van der Waals surface area contributed by atoms with Gasteiger partial charge >= 0.3 is 5.97 Å². The van der Waals surface area contributed by atoms with Crippen molar-refractivity contribution >= 4 is 52.7 Å². The van der Waals surface area contributed by atoms with E-state index >= 15 is 0 Å². The van der Waals surface area contributed by atoms with Crippen LogP contribution in [0.25, 0.3) is 6.08 Å². The summed E-state index contributed by atoms with van der Waals surface area (Å²) >= 11 is 8.82. The van der Waals surface area contributed by atoms with Crippen molar-refractivity contribution < 1.29 is 14.7 Å². The summed E-state index contributed by atoms with van der Waals surface area (Å²) < 4.78 is 0.665. The number of carbonyl (C=O) groups is 2. The summed E-state index contributed by atoms with van der Waals surface area (Å²) in [6.07, 6.45) is 5.32. The highest BCUT2D eigenvalue weighted by molar-refractivity contribution is 8.00. The van der Waals surface area contributed by atoms with Gasteiger partial charge in [0.05, 0.1) is 9.71 Å². The average Bonchev–Trinajstić information content (AvgIpc) is 3.04. The molecule has 1 saturated carbocycles. The highest BCUT2D eigenvalue weighted by atomic mass is 35.5. The molecule has 0 bridgehead atoms.